The molecule has 1 aliphatic rings. The first kappa shape index (κ1) is 11.0. The van der Waals surface area contributed by atoms with Crippen molar-refractivity contribution in [1.82, 2.24) is 15.5 Å². The van der Waals surface area contributed by atoms with Gasteiger partial charge in [0.15, 0.2) is 0 Å². The van der Waals surface area contributed by atoms with E-state index in [0.29, 0.717) is 19.0 Å². The van der Waals surface area contributed by atoms with Crippen LogP contribution in [0.3, 0.4) is 0 Å². The Kier molecular flexibility index (Phi) is 3.47. The molecule has 88 valence electrons. The number of nitrogens with one attached hydrogen (secondary N) is 1. The summed E-state index contributed by atoms with van der Waals surface area (Å²) in [4.78, 5) is 15.2. The van der Waals surface area contributed by atoms with Crippen LogP contribution in [-0.2, 0) is 9.47 Å². The Hall–Kier alpha value is -1.47. The highest BCUT2D eigenvalue weighted by Gasteiger charge is 2.24. The predicted octanol–water partition coefficient (Wildman–Crippen LogP) is -0.0928. The van der Waals surface area contributed by atoms with Crippen LogP contribution in [0.4, 0.5) is 0 Å². The van der Waals surface area contributed by atoms with Gasteiger partial charge in [-0.25, -0.2) is 4.79 Å². The number of hydrogen-bond donors (Lipinski definition) is 1. The van der Waals surface area contributed by atoms with E-state index >= 15 is 0 Å². The molecule has 1 unspecified atom stereocenters. The molecule has 0 amide bonds. The number of esters is 1. The molecule has 0 saturated carbocycles. The first-order chi connectivity index (χ1) is 7.81. The van der Waals surface area contributed by atoms with Gasteiger partial charge in [-0.05, 0) is 12.1 Å². The third-order valence-corrected chi connectivity index (χ3v) is 2.10. The summed E-state index contributed by atoms with van der Waals surface area (Å²) >= 11 is 0. The number of rotatable bonds is 3. The summed E-state index contributed by atoms with van der Waals surface area (Å²) in [5, 5.41) is 6.67. The van der Waals surface area contributed by atoms with Crippen molar-refractivity contribution in [3.05, 3.63) is 11.7 Å². The van der Waals surface area contributed by atoms with E-state index in [0.717, 1.165) is 6.54 Å². The number of ether oxygens (including phenoxy) is 2. The van der Waals surface area contributed by atoms with Crippen LogP contribution in [0, 0.1) is 0 Å². The minimum atomic E-state index is -0.582. The molecule has 0 spiro atoms. The van der Waals surface area contributed by atoms with Gasteiger partial charge in [0.25, 0.3) is 11.7 Å². The van der Waals surface area contributed by atoms with Gasteiger partial charge in [-0.15, -0.1) is 0 Å². The number of carbonyl (C=O) groups is 1. The molecular weight excluding hydrogens is 214 g/mol. The second-order valence-corrected chi connectivity index (χ2v) is 3.24. The van der Waals surface area contributed by atoms with E-state index in [1.807, 2.05) is 0 Å². The molecule has 0 radical (unpaired) electrons. The summed E-state index contributed by atoms with van der Waals surface area (Å²) in [6, 6.07) is 0. The number of hydrogen-bond acceptors (Lipinski definition) is 7. The van der Waals surface area contributed by atoms with Gasteiger partial charge in [-0.2, -0.15) is 4.98 Å². The molecular formula is C9H13N3O4. The highest BCUT2D eigenvalue weighted by molar-refractivity contribution is 5.84. The molecule has 1 N–H and O–H groups in total. The average molecular weight is 227 g/mol. The monoisotopic (exact) mass is 227 g/mol. The van der Waals surface area contributed by atoms with Gasteiger partial charge in [0.2, 0.25) is 0 Å². The maximum atomic E-state index is 11.3. The first-order valence-electron chi connectivity index (χ1n) is 5.14. The van der Waals surface area contributed by atoms with Crippen LogP contribution < -0.4 is 5.32 Å². The van der Waals surface area contributed by atoms with Crippen molar-refractivity contribution in [1.29, 1.82) is 0 Å². The van der Waals surface area contributed by atoms with Crippen LogP contribution in [-0.4, -0.2) is 42.4 Å². The topological polar surface area (TPSA) is 86.5 Å². The molecule has 1 atom stereocenters. The van der Waals surface area contributed by atoms with Gasteiger partial charge >= 0.3 is 5.97 Å². The lowest BCUT2D eigenvalue weighted by Crippen LogP contribution is -2.33. The zero-order chi connectivity index (χ0) is 11.4. The maximum Gasteiger partial charge on any atom is 0.379 e. The minimum Gasteiger partial charge on any atom is -0.460 e. The highest BCUT2D eigenvalue weighted by atomic mass is 16.5. The molecule has 0 aliphatic carbocycles. The van der Waals surface area contributed by atoms with Crippen LogP contribution in [0.1, 0.15) is 29.5 Å². The van der Waals surface area contributed by atoms with Crippen molar-refractivity contribution in [2.75, 3.05) is 26.3 Å². The smallest absolute Gasteiger partial charge is 0.379 e. The van der Waals surface area contributed by atoms with E-state index in [-0.39, 0.29) is 18.5 Å². The van der Waals surface area contributed by atoms with Crippen LogP contribution in [0.2, 0.25) is 0 Å². The zero-order valence-corrected chi connectivity index (χ0v) is 8.93. The molecule has 0 bridgehead atoms. The summed E-state index contributed by atoms with van der Waals surface area (Å²) in [6.45, 7) is 3.98. The van der Waals surface area contributed by atoms with Crippen molar-refractivity contribution in [3.63, 3.8) is 0 Å². The zero-order valence-electron chi connectivity index (χ0n) is 8.93. The largest absolute Gasteiger partial charge is 0.460 e. The minimum absolute atomic E-state index is 0.0639. The van der Waals surface area contributed by atoms with Gasteiger partial charge in [0.1, 0.15) is 6.10 Å². The Balaban J connectivity index is 2.03. The van der Waals surface area contributed by atoms with Crippen LogP contribution in [0.25, 0.3) is 0 Å². The van der Waals surface area contributed by atoms with Crippen molar-refractivity contribution in [2.24, 2.45) is 0 Å². The molecule has 7 nitrogen and oxygen atoms in total. The fourth-order valence-corrected chi connectivity index (χ4v) is 1.37. The third-order valence-electron chi connectivity index (χ3n) is 2.10. The van der Waals surface area contributed by atoms with Crippen molar-refractivity contribution in [2.45, 2.75) is 13.0 Å². The van der Waals surface area contributed by atoms with Gasteiger partial charge in [0.05, 0.1) is 13.2 Å². The SMILES string of the molecule is CCOC(=O)c1noc(C2CNCCO2)n1. The number of morpholine rings is 1. The molecule has 1 aliphatic heterocycles. The Morgan fingerprint density at radius 3 is 3.25 bits per heavy atom. The molecule has 1 fully saturated rings. The quantitative estimate of drug-likeness (QED) is 0.722. The Morgan fingerprint density at radius 2 is 2.56 bits per heavy atom. The van der Waals surface area contributed by atoms with Crippen LogP contribution in [0.5, 0.6) is 0 Å². The average Bonchev–Trinajstić information content (AvgIpc) is 2.80. The Labute approximate surface area is 92.1 Å². The van der Waals surface area contributed by atoms with Gasteiger partial charge in [-0.3, -0.25) is 0 Å². The highest BCUT2D eigenvalue weighted by Crippen LogP contribution is 2.16. The molecule has 2 heterocycles. The second kappa shape index (κ2) is 5.04. The molecule has 16 heavy (non-hydrogen) atoms. The van der Waals surface area contributed by atoms with Crippen LogP contribution >= 0.6 is 0 Å². The summed E-state index contributed by atoms with van der Waals surface area (Å²) in [6.07, 6.45) is -0.288. The van der Waals surface area contributed by atoms with Crippen LogP contribution in [0.15, 0.2) is 4.52 Å². The summed E-state index contributed by atoms with van der Waals surface area (Å²) in [5.41, 5.74) is 0. The second-order valence-electron chi connectivity index (χ2n) is 3.24. The standard InChI is InChI=1S/C9H13N3O4/c1-2-14-9(13)7-11-8(16-12-7)6-5-10-3-4-15-6/h6,10H,2-5H2,1H3. The Morgan fingerprint density at radius 1 is 1.69 bits per heavy atom. The van der Waals surface area contributed by atoms with E-state index in [1.165, 1.54) is 0 Å². The molecule has 0 aromatic carbocycles. The van der Waals surface area contributed by atoms with Gasteiger partial charge in [-0.1, -0.05) is 0 Å². The lowest BCUT2D eigenvalue weighted by molar-refractivity contribution is 0.00754. The summed E-state index contributed by atoms with van der Waals surface area (Å²) in [7, 11) is 0. The van der Waals surface area contributed by atoms with E-state index in [2.05, 4.69) is 15.5 Å². The predicted molar refractivity (Wildman–Crippen MR) is 51.8 cm³/mol. The van der Waals surface area contributed by atoms with Gasteiger partial charge < -0.3 is 19.3 Å². The molecule has 2 rings (SSSR count). The lowest BCUT2D eigenvalue weighted by atomic mass is 10.3. The van der Waals surface area contributed by atoms with Crippen molar-refractivity contribution >= 4 is 5.97 Å². The fourth-order valence-electron chi connectivity index (χ4n) is 1.37. The van der Waals surface area contributed by atoms with E-state index < -0.39 is 5.97 Å². The molecule has 7 heteroatoms. The maximum absolute atomic E-state index is 11.3. The number of aromatic nitrogens is 2. The number of nitrogens with zero attached hydrogens (tertiary/aromatic N) is 2. The lowest BCUT2D eigenvalue weighted by Gasteiger charge is -2.19. The third kappa shape index (κ3) is 2.37. The molecule has 1 aromatic heterocycles. The fraction of sp³-hybridized carbons (Fsp3) is 0.667. The summed E-state index contributed by atoms with van der Waals surface area (Å²) in [5.74, 6) is -0.345. The van der Waals surface area contributed by atoms with Crippen molar-refractivity contribution in [3.8, 4) is 0 Å². The molecule has 1 aromatic rings. The van der Waals surface area contributed by atoms with Gasteiger partial charge in [0, 0.05) is 13.1 Å². The van der Waals surface area contributed by atoms with E-state index in [4.69, 9.17) is 14.0 Å². The van der Waals surface area contributed by atoms with E-state index in [9.17, 15) is 4.79 Å². The first-order valence-corrected chi connectivity index (χ1v) is 5.14. The Bertz CT molecular complexity index is 359. The van der Waals surface area contributed by atoms with E-state index in [1.54, 1.807) is 6.92 Å². The number of carbonyl (C=O) groups excluding carboxylic acids is 1. The van der Waals surface area contributed by atoms with Crippen molar-refractivity contribution < 1.29 is 18.8 Å². The normalized spacial score (nSPS) is 20.7. The summed E-state index contributed by atoms with van der Waals surface area (Å²) < 4.78 is 15.1. The molecule has 1 saturated heterocycles.